The van der Waals surface area contributed by atoms with Crippen molar-refractivity contribution in [2.24, 2.45) is 5.92 Å². The Hall–Kier alpha value is -0.830. The maximum Gasteiger partial charge on any atom is 0.200 e. The topological polar surface area (TPSA) is 9.23 Å². The molecule has 0 amide bonds. The van der Waals surface area contributed by atoms with Crippen molar-refractivity contribution in [1.29, 1.82) is 0 Å². The smallest absolute Gasteiger partial charge is 0.200 e. The van der Waals surface area contributed by atoms with E-state index < -0.39 is 11.6 Å². The van der Waals surface area contributed by atoms with Crippen molar-refractivity contribution < 1.29 is 13.5 Å². The summed E-state index contributed by atoms with van der Waals surface area (Å²) >= 11 is 6.41. The Kier molecular flexibility index (Phi) is 6.49. The summed E-state index contributed by atoms with van der Waals surface area (Å²) < 4.78 is 33.4. The van der Waals surface area contributed by atoms with Crippen molar-refractivity contribution >= 4 is 11.6 Å². The number of alkyl halides is 1. The number of hydrogen-bond acceptors (Lipinski definition) is 1. The van der Waals surface area contributed by atoms with Crippen molar-refractivity contribution in [1.82, 2.24) is 0 Å². The van der Waals surface area contributed by atoms with Crippen LogP contribution < -0.4 is 4.74 Å². The van der Waals surface area contributed by atoms with Gasteiger partial charge in [0.1, 0.15) is 0 Å². The minimum absolute atomic E-state index is 0.00111. The molecule has 0 radical (unpaired) electrons. The lowest BCUT2D eigenvalue weighted by molar-refractivity contribution is 0.296. The fraction of sp³-hybridized carbons (Fsp3) is 0.667. The van der Waals surface area contributed by atoms with Crippen LogP contribution in [-0.2, 0) is 0 Å². The molecule has 0 saturated heterocycles. The van der Waals surface area contributed by atoms with Crippen LogP contribution in [0.5, 0.6) is 5.75 Å². The van der Waals surface area contributed by atoms with E-state index in [0.29, 0.717) is 18.1 Å². The Balaban J connectivity index is 2.04. The quantitative estimate of drug-likeness (QED) is 0.577. The first-order valence-corrected chi connectivity index (χ1v) is 8.76. The van der Waals surface area contributed by atoms with E-state index in [1.54, 1.807) is 19.1 Å². The van der Waals surface area contributed by atoms with Gasteiger partial charge in [-0.3, -0.25) is 0 Å². The maximum absolute atomic E-state index is 14.3. The summed E-state index contributed by atoms with van der Waals surface area (Å²) in [5.74, 6) is -1.00. The van der Waals surface area contributed by atoms with E-state index in [2.05, 4.69) is 6.92 Å². The lowest BCUT2D eigenvalue weighted by atomic mass is 9.76. The summed E-state index contributed by atoms with van der Waals surface area (Å²) in [4.78, 5) is 0. The summed E-state index contributed by atoms with van der Waals surface area (Å²) in [6.45, 7) is 4.22. The number of ether oxygens (including phenoxy) is 1. The zero-order valence-electron chi connectivity index (χ0n) is 13.4. The fourth-order valence-corrected chi connectivity index (χ4v) is 3.90. The zero-order chi connectivity index (χ0) is 16.1. The summed E-state index contributed by atoms with van der Waals surface area (Å²) in [6, 6.07) is 3.23. The first-order chi connectivity index (χ1) is 10.6. The van der Waals surface area contributed by atoms with Crippen LogP contribution in [0.1, 0.15) is 63.9 Å². The zero-order valence-corrected chi connectivity index (χ0v) is 14.1. The molecule has 1 nitrogen and oxygen atoms in total. The summed E-state index contributed by atoms with van der Waals surface area (Å²) in [5, 5.41) is 0.216. The summed E-state index contributed by atoms with van der Waals surface area (Å²) in [7, 11) is 0. The van der Waals surface area contributed by atoms with Crippen molar-refractivity contribution in [2.75, 3.05) is 6.61 Å². The third-order valence-corrected chi connectivity index (χ3v) is 5.24. The van der Waals surface area contributed by atoms with Crippen LogP contribution >= 0.6 is 11.6 Å². The molecule has 1 aliphatic carbocycles. The Morgan fingerprint density at radius 2 is 1.82 bits per heavy atom. The van der Waals surface area contributed by atoms with Gasteiger partial charge in [0.15, 0.2) is 11.6 Å². The molecule has 1 aliphatic rings. The van der Waals surface area contributed by atoms with Crippen LogP contribution in [0.15, 0.2) is 12.1 Å². The molecule has 1 unspecified atom stereocenters. The first-order valence-electron chi connectivity index (χ1n) is 8.33. The SMILES string of the molecule is CCCC(Cl)[C@H]1CC[C@H](c2ccc(OCC)c(F)c2F)CC1. The molecule has 0 bridgehead atoms. The molecule has 1 aromatic carbocycles. The second-order valence-electron chi connectivity index (χ2n) is 6.13. The molecule has 2 rings (SSSR count). The Morgan fingerprint density at radius 3 is 2.41 bits per heavy atom. The van der Waals surface area contributed by atoms with Crippen LogP contribution in [0.3, 0.4) is 0 Å². The lowest BCUT2D eigenvalue weighted by Crippen LogP contribution is -2.22. The van der Waals surface area contributed by atoms with Gasteiger partial charge in [-0.15, -0.1) is 11.6 Å². The van der Waals surface area contributed by atoms with E-state index in [0.717, 1.165) is 38.5 Å². The van der Waals surface area contributed by atoms with Gasteiger partial charge >= 0.3 is 0 Å². The van der Waals surface area contributed by atoms with E-state index in [-0.39, 0.29) is 17.0 Å². The first kappa shape index (κ1) is 17.5. The van der Waals surface area contributed by atoms with Crippen molar-refractivity contribution in [3.63, 3.8) is 0 Å². The van der Waals surface area contributed by atoms with Gasteiger partial charge in [0.2, 0.25) is 5.82 Å². The molecule has 0 spiro atoms. The van der Waals surface area contributed by atoms with Crippen molar-refractivity contribution in [2.45, 2.75) is 63.7 Å². The summed E-state index contributed by atoms with van der Waals surface area (Å²) in [5.41, 5.74) is 0.487. The van der Waals surface area contributed by atoms with Gasteiger partial charge in [-0.1, -0.05) is 19.4 Å². The molecule has 4 heteroatoms. The molecule has 124 valence electrons. The third kappa shape index (κ3) is 3.92. The maximum atomic E-state index is 14.3. The van der Waals surface area contributed by atoms with Crippen molar-refractivity contribution in [3.05, 3.63) is 29.3 Å². The Bertz CT molecular complexity index is 484. The van der Waals surface area contributed by atoms with Gasteiger partial charge in [0, 0.05) is 5.38 Å². The number of halogens is 3. The van der Waals surface area contributed by atoms with E-state index in [1.807, 2.05) is 0 Å². The molecular weight excluding hydrogens is 306 g/mol. The molecule has 0 N–H and O–H groups in total. The summed E-state index contributed by atoms with van der Waals surface area (Å²) in [6.07, 6.45) is 5.86. The molecule has 1 fully saturated rings. The van der Waals surface area contributed by atoms with Gasteiger partial charge in [0.25, 0.3) is 0 Å². The molecule has 22 heavy (non-hydrogen) atoms. The van der Waals surface area contributed by atoms with Crippen LogP contribution in [0.25, 0.3) is 0 Å². The molecule has 1 atom stereocenters. The highest BCUT2D eigenvalue weighted by molar-refractivity contribution is 6.20. The minimum Gasteiger partial charge on any atom is -0.491 e. The van der Waals surface area contributed by atoms with E-state index in [9.17, 15) is 8.78 Å². The van der Waals surface area contributed by atoms with Gasteiger partial charge in [-0.25, -0.2) is 4.39 Å². The molecule has 0 aromatic heterocycles. The number of hydrogen-bond donors (Lipinski definition) is 0. The molecular formula is C18H25ClF2O. The fourth-order valence-electron chi connectivity index (χ4n) is 3.43. The highest BCUT2D eigenvalue weighted by Crippen LogP contribution is 2.41. The van der Waals surface area contributed by atoms with Gasteiger partial charge in [0.05, 0.1) is 6.61 Å². The van der Waals surface area contributed by atoms with Crippen LogP contribution in [-0.4, -0.2) is 12.0 Å². The van der Waals surface area contributed by atoms with Gasteiger partial charge in [-0.05, 0) is 62.5 Å². The average molecular weight is 331 g/mol. The average Bonchev–Trinajstić information content (AvgIpc) is 2.53. The molecule has 0 aliphatic heterocycles. The standard InChI is InChI=1S/C18H25ClF2O/c1-3-5-15(19)13-8-6-12(7-9-13)14-10-11-16(22-4-2)18(21)17(14)20/h10-13,15H,3-9H2,1-2H3/t12-,13-,15?. The van der Waals surface area contributed by atoms with Crippen LogP contribution in [0.2, 0.25) is 0 Å². The molecule has 0 heterocycles. The predicted molar refractivity (Wildman–Crippen MR) is 86.8 cm³/mol. The van der Waals surface area contributed by atoms with Gasteiger partial charge < -0.3 is 4.74 Å². The highest BCUT2D eigenvalue weighted by Gasteiger charge is 2.29. The molecule has 1 saturated carbocycles. The monoisotopic (exact) mass is 330 g/mol. The third-order valence-electron chi connectivity index (χ3n) is 4.66. The molecule has 1 aromatic rings. The predicted octanol–water partition coefficient (Wildman–Crippen LogP) is 6.04. The Labute approximate surface area is 137 Å². The number of rotatable bonds is 6. The minimum atomic E-state index is -0.859. The van der Waals surface area contributed by atoms with E-state index >= 15 is 0 Å². The lowest BCUT2D eigenvalue weighted by Gasteiger charge is -2.31. The largest absolute Gasteiger partial charge is 0.491 e. The number of benzene rings is 1. The van der Waals surface area contributed by atoms with Crippen LogP contribution in [0.4, 0.5) is 8.78 Å². The Morgan fingerprint density at radius 1 is 1.14 bits per heavy atom. The normalized spacial score (nSPS) is 23.3. The van der Waals surface area contributed by atoms with Crippen LogP contribution in [0, 0.1) is 17.6 Å². The van der Waals surface area contributed by atoms with Gasteiger partial charge in [-0.2, -0.15) is 4.39 Å². The van der Waals surface area contributed by atoms with E-state index in [4.69, 9.17) is 16.3 Å². The second-order valence-corrected chi connectivity index (χ2v) is 6.69. The highest BCUT2D eigenvalue weighted by atomic mass is 35.5. The second kappa shape index (κ2) is 8.14. The van der Waals surface area contributed by atoms with E-state index in [1.165, 1.54) is 0 Å². The van der Waals surface area contributed by atoms with Crippen molar-refractivity contribution in [3.8, 4) is 5.75 Å².